The molecule has 0 saturated heterocycles. The van der Waals surface area contributed by atoms with Crippen LogP contribution in [-0.4, -0.2) is 12.2 Å². The van der Waals surface area contributed by atoms with Crippen LogP contribution in [0.2, 0.25) is 0 Å². The van der Waals surface area contributed by atoms with Gasteiger partial charge >= 0.3 is 0 Å². The lowest BCUT2D eigenvalue weighted by molar-refractivity contribution is 0.413. The third-order valence-corrected chi connectivity index (χ3v) is 4.05. The molecule has 0 unspecified atom stereocenters. The van der Waals surface area contributed by atoms with Gasteiger partial charge in [-0.05, 0) is 17.7 Å². The van der Waals surface area contributed by atoms with Crippen molar-refractivity contribution < 1.29 is 4.74 Å². The Morgan fingerprint density at radius 3 is 2.72 bits per heavy atom. The number of ether oxygens (including phenoxy) is 1. The summed E-state index contributed by atoms with van der Waals surface area (Å²) in [4.78, 5) is 5.87. The van der Waals surface area contributed by atoms with Gasteiger partial charge in [0.05, 0.1) is 13.7 Å². The number of aliphatic imine (C=N–C) groups is 1. The average molecular weight is 255 g/mol. The van der Waals surface area contributed by atoms with Gasteiger partial charge < -0.3 is 4.74 Å². The molecule has 90 valence electrons. The fraction of sp³-hybridized carbons (Fsp3) is 0.133. The molecule has 1 aliphatic rings. The Morgan fingerprint density at radius 2 is 1.94 bits per heavy atom. The average Bonchev–Trinajstić information content (AvgIpc) is 2.47. The molecule has 1 heterocycles. The van der Waals surface area contributed by atoms with Crippen LogP contribution in [0.1, 0.15) is 11.1 Å². The van der Waals surface area contributed by atoms with E-state index < -0.39 is 0 Å². The molecule has 18 heavy (non-hydrogen) atoms. The van der Waals surface area contributed by atoms with Crippen LogP contribution in [0.3, 0.4) is 0 Å². The highest BCUT2D eigenvalue weighted by molar-refractivity contribution is 8.14. The zero-order chi connectivity index (χ0) is 12.4. The largest absolute Gasteiger partial charge is 0.497 e. The van der Waals surface area contributed by atoms with Crippen molar-refractivity contribution in [2.75, 3.05) is 7.11 Å². The van der Waals surface area contributed by atoms with Crippen LogP contribution < -0.4 is 4.74 Å². The summed E-state index contributed by atoms with van der Waals surface area (Å²) in [6.07, 6.45) is 0. The fourth-order valence-corrected chi connectivity index (χ4v) is 2.94. The van der Waals surface area contributed by atoms with Gasteiger partial charge in [-0.3, -0.25) is 4.99 Å². The third kappa shape index (κ3) is 2.14. The molecule has 0 spiro atoms. The van der Waals surface area contributed by atoms with E-state index in [4.69, 9.17) is 4.74 Å². The van der Waals surface area contributed by atoms with Gasteiger partial charge in [-0.1, -0.05) is 48.2 Å². The Kier molecular flexibility index (Phi) is 3.07. The number of hydrogen-bond donors (Lipinski definition) is 0. The van der Waals surface area contributed by atoms with Gasteiger partial charge in [-0.25, -0.2) is 0 Å². The minimum Gasteiger partial charge on any atom is -0.497 e. The summed E-state index contributed by atoms with van der Waals surface area (Å²) in [7, 11) is 1.70. The standard InChI is InChI=1S/C15H13NOS/c1-17-13-8-7-12-10-16-15(18-14(12)9-13)11-5-3-2-4-6-11/h2-9H,10H2,1H3. The highest BCUT2D eigenvalue weighted by Gasteiger charge is 2.15. The number of rotatable bonds is 2. The van der Waals surface area contributed by atoms with Gasteiger partial charge in [-0.2, -0.15) is 0 Å². The summed E-state index contributed by atoms with van der Waals surface area (Å²) in [6, 6.07) is 16.5. The summed E-state index contributed by atoms with van der Waals surface area (Å²) >= 11 is 1.71. The lowest BCUT2D eigenvalue weighted by atomic mass is 10.2. The zero-order valence-electron chi connectivity index (χ0n) is 10.1. The van der Waals surface area contributed by atoms with Crippen molar-refractivity contribution in [3.8, 4) is 5.75 Å². The van der Waals surface area contributed by atoms with E-state index in [1.807, 2.05) is 24.3 Å². The van der Waals surface area contributed by atoms with Gasteiger partial charge in [0.25, 0.3) is 0 Å². The van der Waals surface area contributed by atoms with Crippen LogP contribution in [0.25, 0.3) is 0 Å². The third-order valence-electron chi connectivity index (χ3n) is 2.89. The molecule has 0 bridgehead atoms. The summed E-state index contributed by atoms with van der Waals surface area (Å²) < 4.78 is 5.27. The first kappa shape index (κ1) is 11.4. The number of fused-ring (bicyclic) bond motifs is 1. The minimum absolute atomic E-state index is 0.747. The molecule has 2 aromatic carbocycles. The van der Waals surface area contributed by atoms with E-state index in [0.717, 1.165) is 17.3 Å². The molecule has 2 nitrogen and oxygen atoms in total. The summed E-state index contributed by atoms with van der Waals surface area (Å²) in [5.74, 6) is 0.899. The van der Waals surface area contributed by atoms with Gasteiger partial charge in [0.1, 0.15) is 10.8 Å². The number of thioether (sulfide) groups is 1. The molecule has 0 fully saturated rings. The molecule has 2 aromatic rings. The monoisotopic (exact) mass is 255 g/mol. The van der Waals surface area contributed by atoms with E-state index >= 15 is 0 Å². The number of nitrogens with zero attached hydrogens (tertiary/aromatic N) is 1. The fourth-order valence-electron chi connectivity index (χ4n) is 1.91. The number of methoxy groups -OCH3 is 1. The van der Waals surface area contributed by atoms with Crippen molar-refractivity contribution in [2.24, 2.45) is 4.99 Å². The van der Waals surface area contributed by atoms with Crippen molar-refractivity contribution in [3.63, 3.8) is 0 Å². The molecule has 0 saturated carbocycles. The molecule has 1 aliphatic heterocycles. The quantitative estimate of drug-likeness (QED) is 0.815. The Labute approximate surface area is 111 Å². The van der Waals surface area contributed by atoms with E-state index in [0.29, 0.717) is 0 Å². The first-order chi connectivity index (χ1) is 8.86. The molecule has 0 N–H and O–H groups in total. The summed E-state index contributed by atoms with van der Waals surface area (Å²) in [5.41, 5.74) is 2.44. The Bertz CT molecular complexity index is 593. The predicted octanol–water partition coefficient (Wildman–Crippen LogP) is 3.75. The first-order valence-corrected chi connectivity index (χ1v) is 6.63. The second-order valence-corrected chi connectivity index (χ2v) is 5.09. The molecule has 0 radical (unpaired) electrons. The Balaban J connectivity index is 1.93. The van der Waals surface area contributed by atoms with Crippen LogP contribution in [-0.2, 0) is 6.54 Å². The van der Waals surface area contributed by atoms with Crippen LogP contribution >= 0.6 is 11.8 Å². The van der Waals surface area contributed by atoms with E-state index in [9.17, 15) is 0 Å². The Morgan fingerprint density at radius 1 is 1.11 bits per heavy atom. The van der Waals surface area contributed by atoms with Crippen molar-refractivity contribution in [2.45, 2.75) is 11.4 Å². The molecule has 0 aromatic heterocycles. The molecule has 3 rings (SSSR count). The van der Waals surface area contributed by atoms with Crippen molar-refractivity contribution >= 4 is 16.8 Å². The smallest absolute Gasteiger partial charge is 0.120 e. The second kappa shape index (κ2) is 4.86. The van der Waals surface area contributed by atoms with Crippen LogP contribution in [0.4, 0.5) is 0 Å². The highest BCUT2D eigenvalue weighted by atomic mass is 32.2. The number of hydrogen-bond acceptors (Lipinski definition) is 3. The molecule has 3 heteroatoms. The Hall–Kier alpha value is -1.74. The maximum atomic E-state index is 5.27. The highest BCUT2D eigenvalue weighted by Crippen LogP contribution is 2.34. The molecule has 0 aliphatic carbocycles. The zero-order valence-corrected chi connectivity index (χ0v) is 10.9. The van der Waals surface area contributed by atoms with Crippen LogP contribution in [0.5, 0.6) is 5.75 Å². The molecule has 0 atom stereocenters. The van der Waals surface area contributed by atoms with Crippen molar-refractivity contribution in [3.05, 3.63) is 59.7 Å². The van der Waals surface area contributed by atoms with E-state index in [2.05, 4.69) is 29.3 Å². The number of benzene rings is 2. The van der Waals surface area contributed by atoms with Gasteiger partial charge in [0.15, 0.2) is 0 Å². The van der Waals surface area contributed by atoms with E-state index in [-0.39, 0.29) is 0 Å². The summed E-state index contributed by atoms with van der Waals surface area (Å²) in [6.45, 7) is 0.747. The first-order valence-electron chi connectivity index (χ1n) is 5.81. The van der Waals surface area contributed by atoms with Crippen molar-refractivity contribution in [1.29, 1.82) is 0 Å². The second-order valence-electron chi connectivity index (χ2n) is 4.06. The van der Waals surface area contributed by atoms with E-state index in [1.165, 1.54) is 16.0 Å². The molecular weight excluding hydrogens is 242 g/mol. The van der Waals surface area contributed by atoms with Gasteiger partial charge in [0.2, 0.25) is 0 Å². The lowest BCUT2D eigenvalue weighted by Gasteiger charge is -2.16. The molecular formula is C15H13NOS. The van der Waals surface area contributed by atoms with Gasteiger partial charge in [0, 0.05) is 10.5 Å². The molecule has 0 amide bonds. The predicted molar refractivity (Wildman–Crippen MR) is 75.5 cm³/mol. The maximum Gasteiger partial charge on any atom is 0.120 e. The van der Waals surface area contributed by atoms with Crippen molar-refractivity contribution in [1.82, 2.24) is 0 Å². The minimum atomic E-state index is 0.747. The van der Waals surface area contributed by atoms with Gasteiger partial charge in [-0.15, -0.1) is 0 Å². The summed E-state index contributed by atoms with van der Waals surface area (Å²) in [5, 5.41) is 1.08. The normalized spacial score (nSPS) is 13.7. The van der Waals surface area contributed by atoms with E-state index in [1.54, 1.807) is 18.9 Å². The topological polar surface area (TPSA) is 21.6 Å². The maximum absolute atomic E-state index is 5.27. The SMILES string of the molecule is COc1ccc2c(c1)SC(c1ccccc1)=NC2. The van der Waals surface area contributed by atoms with Crippen LogP contribution in [0, 0.1) is 0 Å². The lowest BCUT2D eigenvalue weighted by Crippen LogP contribution is -2.03. The van der Waals surface area contributed by atoms with Crippen LogP contribution in [0.15, 0.2) is 58.4 Å².